The lowest BCUT2D eigenvalue weighted by atomic mass is 9.96. The lowest BCUT2D eigenvalue weighted by molar-refractivity contribution is -0.120. The van der Waals surface area contributed by atoms with Gasteiger partial charge < -0.3 is 10.3 Å². The second-order valence-electron chi connectivity index (χ2n) is 8.17. The smallest absolute Gasteiger partial charge is 0.252 e. The Bertz CT molecular complexity index is 1350. The Morgan fingerprint density at radius 1 is 1.09 bits per heavy atom. The van der Waals surface area contributed by atoms with Crippen LogP contribution in [0.4, 0.5) is 0 Å². The van der Waals surface area contributed by atoms with E-state index in [0.717, 1.165) is 34.2 Å². The average Bonchev–Trinajstić information content (AvgIpc) is 3.62. The summed E-state index contributed by atoms with van der Waals surface area (Å²) >= 11 is 2.87. The summed E-state index contributed by atoms with van der Waals surface area (Å²) in [6.07, 6.45) is 4.00. The Morgan fingerprint density at radius 2 is 1.91 bits per heavy atom. The topological polar surface area (TPSA) is 82.3 Å². The monoisotopic (exact) mass is 499 g/mol. The van der Waals surface area contributed by atoms with Crippen molar-refractivity contribution in [2.45, 2.75) is 29.4 Å². The number of rotatable bonds is 8. The van der Waals surface area contributed by atoms with Crippen LogP contribution < -0.4 is 5.32 Å². The standard InChI is InChI=1S/C24H25N3O3S3/c28-23(14-17-9-10-24(32-17)33(29,30)27-11-3-4-12-27)26-16-20(22-8-5-13-31-22)19-15-25-21-7-2-1-6-18(19)21/h1-2,5-10,13,15,20,25H,3-4,11-12,14,16H2,(H,26,28). The van der Waals surface area contributed by atoms with Crippen molar-refractivity contribution in [1.29, 1.82) is 0 Å². The Hall–Kier alpha value is -2.46. The number of benzene rings is 1. The Balaban J connectivity index is 1.28. The first-order valence-corrected chi connectivity index (χ1v) is 14.1. The third-order valence-electron chi connectivity index (χ3n) is 6.02. The summed E-state index contributed by atoms with van der Waals surface area (Å²) in [6, 6.07) is 15.7. The van der Waals surface area contributed by atoms with Gasteiger partial charge in [0.05, 0.1) is 6.42 Å². The third-order valence-corrected chi connectivity index (χ3v) is 10.5. The maximum Gasteiger partial charge on any atom is 0.252 e. The van der Waals surface area contributed by atoms with E-state index >= 15 is 0 Å². The van der Waals surface area contributed by atoms with E-state index in [4.69, 9.17) is 0 Å². The molecule has 9 heteroatoms. The van der Waals surface area contributed by atoms with Gasteiger partial charge in [-0.15, -0.1) is 22.7 Å². The lowest BCUT2D eigenvalue weighted by Gasteiger charge is -2.16. The Labute approximate surface area is 201 Å². The molecule has 1 aliphatic heterocycles. The van der Waals surface area contributed by atoms with Crippen molar-refractivity contribution < 1.29 is 13.2 Å². The van der Waals surface area contributed by atoms with Gasteiger partial charge >= 0.3 is 0 Å². The molecule has 1 fully saturated rings. The fourth-order valence-electron chi connectivity index (χ4n) is 4.32. The molecule has 1 aromatic carbocycles. The van der Waals surface area contributed by atoms with Crippen LogP contribution in [0, 0.1) is 0 Å². The van der Waals surface area contributed by atoms with E-state index in [1.807, 2.05) is 35.8 Å². The first-order valence-electron chi connectivity index (χ1n) is 11.0. The van der Waals surface area contributed by atoms with Gasteiger partial charge in [-0.25, -0.2) is 8.42 Å². The largest absolute Gasteiger partial charge is 0.361 e. The lowest BCUT2D eigenvalue weighted by Crippen LogP contribution is -2.29. The second-order valence-corrected chi connectivity index (χ2v) is 12.5. The van der Waals surface area contributed by atoms with Crippen molar-refractivity contribution in [2.24, 2.45) is 0 Å². The fraction of sp³-hybridized carbons (Fsp3) is 0.292. The molecule has 0 spiro atoms. The predicted molar refractivity (Wildman–Crippen MR) is 133 cm³/mol. The summed E-state index contributed by atoms with van der Waals surface area (Å²) < 4.78 is 27.4. The molecule has 1 saturated heterocycles. The molecule has 0 bridgehead atoms. The number of nitrogens with zero attached hydrogens (tertiary/aromatic N) is 1. The molecule has 4 heterocycles. The molecule has 1 aliphatic rings. The Morgan fingerprint density at radius 3 is 2.70 bits per heavy atom. The number of carbonyl (C=O) groups is 1. The zero-order chi connectivity index (χ0) is 22.8. The number of para-hydroxylation sites is 1. The van der Waals surface area contributed by atoms with Crippen LogP contribution in [0.1, 0.15) is 34.1 Å². The SMILES string of the molecule is O=C(Cc1ccc(S(=O)(=O)N2CCCC2)s1)NCC(c1cccs1)c1c[nH]c2ccccc12. The predicted octanol–water partition coefficient (Wildman–Crippen LogP) is 4.57. The summed E-state index contributed by atoms with van der Waals surface area (Å²) in [5.41, 5.74) is 2.23. The number of nitrogens with one attached hydrogen (secondary N) is 2. The molecule has 33 heavy (non-hydrogen) atoms. The molecule has 1 unspecified atom stereocenters. The van der Waals surface area contributed by atoms with Gasteiger partial charge in [-0.3, -0.25) is 4.79 Å². The Kier molecular flexibility index (Phi) is 6.38. The van der Waals surface area contributed by atoms with Crippen LogP contribution in [0.5, 0.6) is 0 Å². The van der Waals surface area contributed by atoms with Crippen molar-refractivity contribution in [3.8, 4) is 0 Å². The van der Waals surface area contributed by atoms with Crippen molar-refractivity contribution in [3.05, 3.63) is 75.4 Å². The number of sulfonamides is 1. The molecule has 6 nitrogen and oxygen atoms in total. The summed E-state index contributed by atoms with van der Waals surface area (Å²) in [5.74, 6) is -0.0668. The molecule has 0 aliphatic carbocycles. The maximum absolute atomic E-state index is 12.8. The number of thiophene rings is 2. The van der Waals surface area contributed by atoms with Crippen molar-refractivity contribution >= 4 is 49.5 Å². The summed E-state index contributed by atoms with van der Waals surface area (Å²) in [6.45, 7) is 1.63. The van der Waals surface area contributed by atoms with Gasteiger partial charge in [-0.1, -0.05) is 24.3 Å². The van der Waals surface area contributed by atoms with E-state index in [9.17, 15) is 13.2 Å². The summed E-state index contributed by atoms with van der Waals surface area (Å²) in [7, 11) is -3.44. The number of aromatic amines is 1. The first-order chi connectivity index (χ1) is 16.0. The minimum absolute atomic E-state index is 0.0412. The molecule has 2 N–H and O–H groups in total. The molecular weight excluding hydrogens is 474 g/mol. The number of hydrogen-bond donors (Lipinski definition) is 2. The number of aromatic nitrogens is 1. The normalized spacial score (nSPS) is 15.8. The van der Waals surface area contributed by atoms with Crippen LogP contribution in [0.25, 0.3) is 10.9 Å². The molecule has 0 saturated carbocycles. The zero-order valence-corrected chi connectivity index (χ0v) is 20.4. The van der Waals surface area contributed by atoms with Gasteiger partial charge in [-0.05, 0) is 48.1 Å². The van der Waals surface area contributed by atoms with E-state index in [0.29, 0.717) is 23.8 Å². The number of hydrogen-bond acceptors (Lipinski definition) is 5. The molecule has 5 rings (SSSR count). The van der Waals surface area contributed by atoms with Gasteiger partial charge in [0.25, 0.3) is 10.0 Å². The van der Waals surface area contributed by atoms with Crippen LogP contribution in [0.2, 0.25) is 0 Å². The van der Waals surface area contributed by atoms with E-state index in [-0.39, 0.29) is 18.2 Å². The highest BCUT2D eigenvalue weighted by Crippen LogP contribution is 2.33. The molecule has 1 amide bonds. The minimum atomic E-state index is -3.44. The van der Waals surface area contributed by atoms with Gasteiger partial charge in [0, 0.05) is 52.4 Å². The molecule has 0 radical (unpaired) electrons. The number of fused-ring (bicyclic) bond motifs is 1. The van der Waals surface area contributed by atoms with E-state index in [1.54, 1.807) is 23.5 Å². The van der Waals surface area contributed by atoms with Crippen LogP contribution in [0.15, 0.2) is 64.3 Å². The molecule has 172 valence electrons. The van der Waals surface area contributed by atoms with E-state index in [1.165, 1.54) is 20.5 Å². The van der Waals surface area contributed by atoms with Crippen molar-refractivity contribution in [2.75, 3.05) is 19.6 Å². The van der Waals surface area contributed by atoms with Gasteiger partial charge in [0.1, 0.15) is 4.21 Å². The highest BCUT2D eigenvalue weighted by atomic mass is 32.2. The highest BCUT2D eigenvalue weighted by Gasteiger charge is 2.28. The summed E-state index contributed by atoms with van der Waals surface area (Å²) in [5, 5.41) is 6.28. The third kappa shape index (κ3) is 4.63. The number of H-pyrrole nitrogens is 1. The maximum atomic E-state index is 12.8. The second kappa shape index (κ2) is 9.42. The van der Waals surface area contributed by atoms with Crippen LogP contribution in [-0.2, 0) is 21.2 Å². The van der Waals surface area contributed by atoms with Gasteiger partial charge in [0.15, 0.2) is 0 Å². The average molecular weight is 500 g/mol. The molecule has 1 atom stereocenters. The zero-order valence-electron chi connectivity index (χ0n) is 18.0. The number of carbonyl (C=O) groups excluding carboxylic acids is 1. The molecule has 4 aromatic rings. The quantitative estimate of drug-likeness (QED) is 0.373. The molecule has 3 aromatic heterocycles. The first kappa shape index (κ1) is 22.3. The highest BCUT2D eigenvalue weighted by molar-refractivity contribution is 7.91. The van der Waals surface area contributed by atoms with Gasteiger partial charge in [0.2, 0.25) is 5.91 Å². The van der Waals surface area contributed by atoms with Crippen LogP contribution in [0.3, 0.4) is 0 Å². The molecular formula is C24H25N3O3S3. The summed E-state index contributed by atoms with van der Waals surface area (Å²) in [4.78, 5) is 18.0. The van der Waals surface area contributed by atoms with Crippen LogP contribution >= 0.6 is 22.7 Å². The number of amides is 1. The van der Waals surface area contributed by atoms with E-state index < -0.39 is 10.0 Å². The van der Waals surface area contributed by atoms with Crippen molar-refractivity contribution in [3.63, 3.8) is 0 Å². The fourth-order valence-corrected chi connectivity index (χ4v) is 8.19. The van der Waals surface area contributed by atoms with E-state index in [2.05, 4.69) is 22.4 Å². The minimum Gasteiger partial charge on any atom is -0.361 e. The van der Waals surface area contributed by atoms with Crippen molar-refractivity contribution in [1.82, 2.24) is 14.6 Å². The van der Waals surface area contributed by atoms with Crippen LogP contribution in [-0.4, -0.2) is 43.2 Å². The van der Waals surface area contributed by atoms with Gasteiger partial charge in [-0.2, -0.15) is 4.31 Å².